The highest BCUT2D eigenvalue weighted by molar-refractivity contribution is 7.27. The molecule has 0 atom stereocenters. The first-order valence-corrected chi connectivity index (χ1v) is 18.2. The second-order valence-electron chi connectivity index (χ2n) is 13.0. The molecule has 0 amide bonds. The molecule has 10 rings (SSSR count). The Morgan fingerprint density at radius 3 is 1.37 bits per heavy atom. The highest BCUT2D eigenvalue weighted by atomic mass is 32.1. The topological polar surface area (TPSA) is 6.48 Å². The first-order valence-electron chi connectivity index (χ1n) is 17.4. The molecule has 1 heterocycles. The van der Waals surface area contributed by atoms with Gasteiger partial charge in [-0.25, -0.2) is 0 Å². The van der Waals surface area contributed by atoms with Crippen molar-refractivity contribution in [3.05, 3.63) is 194 Å². The number of benzene rings is 9. The van der Waals surface area contributed by atoms with E-state index < -0.39 is 0 Å². The van der Waals surface area contributed by atoms with Gasteiger partial charge >= 0.3 is 0 Å². The van der Waals surface area contributed by atoms with Crippen molar-refractivity contribution in [1.82, 2.24) is 0 Å². The van der Waals surface area contributed by atoms with Crippen LogP contribution in [0.25, 0.3) is 52.5 Å². The van der Waals surface area contributed by atoms with Gasteiger partial charge in [-0.1, -0.05) is 133 Å². The Balaban J connectivity index is 1.30. The lowest BCUT2D eigenvalue weighted by atomic mass is 10.0. The summed E-state index contributed by atoms with van der Waals surface area (Å²) in [7, 11) is 0. The molecule has 9 aromatic carbocycles. The lowest BCUT2D eigenvalue weighted by Crippen LogP contribution is -2.13. The Labute approximate surface area is 300 Å². The van der Waals surface area contributed by atoms with Crippen LogP contribution in [0.5, 0.6) is 0 Å². The van der Waals surface area contributed by atoms with E-state index in [2.05, 4.69) is 204 Å². The molecule has 0 saturated carbocycles. The molecule has 0 spiro atoms. The van der Waals surface area contributed by atoms with Gasteiger partial charge in [-0.15, -0.1) is 11.3 Å². The maximum absolute atomic E-state index is 2.43. The molecule has 2 nitrogen and oxygen atoms in total. The Kier molecular flexibility index (Phi) is 7.04. The summed E-state index contributed by atoms with van der Waals surface area (Å²) in [6, 6.07) is 70.4. The van der Waals surface area contributed by atoms with Crippen LogP contribution in [0.4, 0.5) is 34.1 Å². The van der Waals surface area contributed by atoms with Crippen molar-refractivity contribution in [1.29, 1.82) is 0 Å². The van der Waals surface area contributed by atoms with Crippen LogP contribution < -0.4 is 9.80 Å². The number of rotatable bonds is 6. The third-order valence-electron chi connectivity index (χ3n) is 9.96. The SMILES string of the molecule is c1ccc(N(c2ccc3ccccc3c2)c2ccc(N(c3ccccc3)c3ccc4ccccc4c3)c3c2sc2c4ccccc4ccc23)cc1. The Morgan fingerprint density at radius 1 is 0.294 bits per heavy atom. The third-order valence-corrected chi connectivity index (χ3v) is 11.2. The number of nitrogens with zero attached hydrogens (tertiary/aromatic N) is 2. The average Bonchev–Trinajstić information content (AvgIpc) is 3.60. The van der Waals surface area contributed by atoms with Crippen LogP contribution in [-0.4, -0.2) is 0 Å². The van der Waals surface area contributed by atoms with E-state index in [0.717, 1.165) is 34.1 Å². The molecule has 3 heteroatoms. The second-order valence-corrected chi connectivity index (χ2v) is 14.0. The van der Waals surface area contributed by atoms with Gasteiger partial charge in [0.15, 0.2) is 0 Å². The van der Waals surface area contributed by atoms with E-state index in [1.807, 2.05) is 11.3 Å². The molecule has 0 aliphatic heterocycles. The van der Waals surface area contributed by atoms with Crippen molar-refractivity contribution in [3.63, 3.8) is 0 Å². The van der Waals surface area contributed by atoms with Crippen molar-refractivity contribution in [2.75, 3.05) is 9.80 Å². The largest absolute Gasteiger partial charge is 0.310 e. The first kappa shape index (κ1) is 29.5. The van der Waals surface area contributed by atoms with E-state index in [1.165, 1.54) is 52.5 Å². The zero-order valence-electron chi connectivity index (χ0n) is 27.8. The molecule has 0 saturated heterocycles. The summed E-state index contributed by atoms with van der Waals surface area (Å²) in [6.07, 6.45) is 0. The Bertz CT molecular complexity index is 2880. The van der Waals surface area contributed by atoms with E-state index in [-0.39, 0.29) is 0 Å². The fourth-order valence-corrected chi connectivity index (χ4v) is 8.94. The quantitative estimate of drug-likeness (QED) is 0.174. The van der Waals surface area contributed by atoms with Gasteiger partial charge < -0.3 is 9.80 Å². The fourth-order valence-electron chi connectivity index (χ4n) is 7.58. The van der Waals surface area contributed by atoms with Crippen LogP contribution in [0.1, 0.15) is 0 Å². The highest BCUT2D eigenvalue weighted by Crippen LogP contribution is 2.52. The van der Waals surface area contributed by atoms with Crippen LogP contribution in [0.15, 0.2) is 194 Å². The van der Waals surface area contributed by atoms with Crippen molar-refractivity contribution < 1.29 is 0 Å². The van der Waals surface area contributed by atoms with Crippen molar-refractivity contribution >= 4 is 98.0 Å². The highest BCUT2D eigenvalue weighted by Gasteiger charge is 2.24. The average molecular weight is 669 g/mol. The summed E-state index contributed by atoms with van der Waals surface area (Å²) >= 11 is 1.90. The van der Waals surface area contributed by atoms with Crippen LogP contribution in [-0.2, 0) is 0 Å². The van der Waals surface area contributed by atoms with Gasteiger partial charge in [-0.3, -0.25) is 0 Å². The molecule has 0 N–H and O–H groups in total. The molecule has 0 aliphatic carbocycles. The summed E-state index contributed by atoms with van der Waals surface area (Å²) in [6.45, 7) is 0. The van der Waals surface area contributed by atoms with Crippen molar-refractivity contribution in [2.45, 2.75) is 0 Å². The fraction of sp³-hybridized carbons (Fsp3) is 0. The standard InChI is InChI=1S/C48H32N2S/c1-3-18-38(19-4-1)49(40-26-23-33-13-7-9-16-36(33)31-40)44-29-30-45(48-46(44)43-28-25-35-15-11-12-22-42(35)47(43)51-48)50(39-20-5-2-6-21-39)41-27-24-34-14-8-10-17-37(34)32-41/h1-32H. The summed E-state index contributed by atoms with van der Waals surface area (Å²) in [4.78, 5) is 4.86. The number of anilines is 6. The smallest absolute Gasteiger partial charge is 0.0641 e. The lowest BCUT2D eigenvalue weighted by molar-refractivity contribution is 1.29. The minimum absolute atomic E-state index is 1.12. The molecule has 0 aliphatic rings. The monoisotopic (exact) mass is 668 g/mol. The van der Waals surface area contributed by atoms with E-state index in [4.69, 9.17) is 0 Å². The molecule has 0 unspecified atom stereocenters. The summed E-state index contributed by atoms with van der Waals surface area (Å²) in [5, 5.41) is 9.95. The predicted octanol–water partition coefficient (Wildman–Crippen LogP) is 14.5. The van der Waals surface area contributed by atoms with E-state index >= 15 is 0 Å². The molecule has 0 radical (unpaired) electrons. The molecule has 240 valence electrons. The van der Waals surface area contributed by atoms with Gasteiger partial charge in [0.1, 0.15) is 0 Å². The molecule has 0 fully saturated rings. The van der Waals surface area contributed by atoms with Crippen LogP contribution in [0.2, 0.25) is 0 Å². The van der Waals surface area contributed by atoms with Gasteiger partial charge in [0, 0.05) is 38.2 Å². The second kappa shape index (κ2) is 12.2. The van der Waals surface area contributed by atoms with E-state index in [0.29, 0.717) is 0 Å². The van der Waals surface area contributed by atoms with Gasteiger partial charge in [0.05, 0.1) is 16.1 Å². The molecular formula is C48H32N2S. The van der Waals surface area contributed by atoms with Crippen LogP contribution in [0, 0.1) is 0 Å². The van der Waals surface area contributed by atoms with E-state index in [9.17, 15) is 0 Å². The maximum Gasteiger partial charge on any atom is 0.0641 e. The number of hydrogen-bond acceptors (Lipinski definition) is 3. The zero-order chi connectivity index (χ0) is 33.7. The molecule has 10 aromatic rings. The Hall–Kier alpha value is -6.42. The van der Waals surface area contributed by atoms with E-state index in [1.54, 1.807) is 0 Å². The number of thiophene rings is 1. The summed E-state index contributed by atoms with van der Waals surface area (Å²) in [5.41, 5.74) is 6.82. The minimum Gasteiger partial charge on any atom is -0.310 e. The number of fused-ring (bicyclic) bond motifs is 7. The van der Waals surface area contributed by atoms with Crippen molar-refractivity contribution in [3.8, 4) is 0 Å². The number of para-hydroxylation sites is 2. The van der Waals surface area contributed by atoms with Crippen LogP contribution >= 0.6 is 11.3 Å². The molecular weight excluding hydrogens is 637 g/mol. The van der Waals surface area contributed by atoms with Crippen LogP contribution in [0.3, 0.4) is 0 Å². The lowest BCUT2D eigenvalue weighted by Gasteiger charge is -2.30. The number of hydrogen-bond donors (Lipinski definition) is 0. The normalized spacial score (nSPS) is 11.5. The third kappa shape index (κ3) is 5.01. The van der Waals surface area contributed by atoms with Gasteiger partial charge in [0.2, 0.25) is 0 Å². The summed E-state index contributed by atoms with van der Waals surface area (Å²) < 4.78 is 2.55. The molecule has 51 heavy (non-hydrogen) atoms. The first-order chi connectivity index (χ1) is 25.3. The molecule has 1 aromatic heterocycles. The predicted molar refractivity (Wildman–Crippen MR) is 221 cm³/mol. The maximum atomic E-state index is 2.43. The van der Waals surface area contributed by atoms with Gasteiger partial charge in [-0.05, 0) is 93.0 Å². The summed E-state index contributed by atoms with van der Waals surface area (Å²) in [5.74, 6) is 0. The van der Waals surface area contributed by atoms with Crippen molar-refractivity contribution in [2.24, 2.45) is 0 Å². The van der Waals surface area contributed by atoms with Gasteiger partial charge in [-0.2, -0.15) is 0 Å². The Morgan fingerprint density at radius 2 is 0.765 bits per heavy atom. The zero-order valence-corrected chi connectivity index (χ0v) is 28.6. The minimum atomic E-state index is 1.12. The molecule has 0 bridgehead atoms. The van der Waals surface area contributed by atoms with Gasteiger partial charge in [0.25, 0.3) is 0 Å².